The van der Waals surface area contributed by atoms with Gasteiger partial charge < -0.3 is 10.6 Å². The summed E-state index contributed by atoms with van der Waals surface area (Å²) in [6.07, 6.45) is 4.81. The van der Waals surface area contributed by atoms with Gasteiger partial charge in [0, 0.05) is 5.54 Å². The topological polar surface area (TPSA) is 41.1 Å². The Balaban J connectivity index is 1.93. The monoisotopic (exact) mass is 266 g/mol. The molecule has 2 aliphatic rings. The van der Waals surface area contributed by atoms with Crippen LogP contribution in [0.2, 0.25) is 0 Å². The molecule has 1 heterocycles. The SMILES string of the molecule is CC(C)(C)CC(C)(C)NC(=O)C1NCC2CCCC21. The number of carbonyl (C=O) groups excluding carboxylic acids is 1. The highest BCUT2D eigenvalue weighted by Gasteiger charge is 2.43. The van der Waals surface area contributed by atoms with E-state index in [0.717, 1.165) is 18.9 Å². The quantitative estimate of drug-likeness (QED) is 0.824. The molecule has 3 unspecified atom stereocenters. The Labute approximate surface area is 117 Å². The molecule has 2 rings (SSSR count). The summed E-state index contributed by atoms with van der Waals surface area (Å²) in [4.78, 5) is 12.5. The van der Waals surface area contributed by atoms with Gasteiger partial charge in [-0.2, -0.15) is 0 Å². The zero-order chi connectivity index (χ0) is 14.3. The van der Waals surface area contributed by atoms with Gasteiger partial charge in [0.2, 0.25) is 5.91 Å². The summed E-state index contributed by atoms with van der Waals surface area (Å²) in [5.41, 5.74) is 0.101. The van der Waals surface area contributed by atoms with E-state index in [9.17, 15) is 4.79 Å². The van der Waals surface area contributed by atoms with Gasteiger partial charge in [-0.1, -0.05) is 27.2 Å². The molecule has 1 saturated heterocycles. The minimum absolute atomic E-state index is 0.0479. The summed E-state index contributed by atoms with van der Waals surface area (Å²) in [5.74, 6) is 1.52. The number of hydrogen-bond acceptors (Lipinski definition) is 2. The largest absolute Gasteiger partial charge is 0.350 e. The van der Waals surface area contributed by atoms with Crippen molar-refractivity contribution in [1.82, 2.24) is 10.6 Å². The fraction of sp³-hybridized carbons (Fsp3) is 0.938. The van der Waals surface area contributed by atoms with E-state index >= 15 is 0 Å². The highest BCUT2D eigenvalue weighted by molar-refractivity contribution is 5.83. The summed E-state index contributed by atoms with van der Waals surface area (Å²) < 4.78 is 0. The lowest BCUT2D eigenvalue weighted by Gasteiger charge is -2.34. The van der Waals surface area contributed by atoms with Crippen LogP contribution in [0.1, 0.15) is 60.3 Å². The Morgan fingerprint density at radius 1 is 1.21 bits per heavy atom. The molecular formula is C16H30N2O. The molecule has 0 aromatic carbocycles. The molecule has 0 radical (unpaired) electrons. The van der Waals surface area contributed by atoms with Crippen LogP contribution in [0.5, 0.6) is 0 Å². The van der Waals surface area contributed by atoms with E-state index in [0.29, 0.717) is 5.92 Å². The van der Waals surface area contributed by atoms with Crippen LogP contribution in [0, 0.1) is 17.3 Å². The van der Waals surface area contributed by atoms with Crippen molar-refractivity contribution in [2.45, 2.75) is 71.9 Å². The summed E-state index contributed by atoms with van der Waals surface area (Å²) in [7, 11) is 0. The minimum Gasteiger partial charge on any atom is -0.350 e. The first kappa shape index (κ1) is 14.8. The van der Waals surface area contributed by atoms with E-state index in [1.807, 2.05) is 0 Å². The molecule has 1 saturated carbocycles. The first-order valence-electron chi connectivity index (χ1n) is 7.73. The molecule has 0 aromatic rings. The predicted octanol–water partition coefficient (Wildman–Crippen LogP) is 2.71. The summed E-state index contributed by atoms with van der Waals surface area (Å²) in [5, 5.41) is 6.70. The fourth-order valence-electron chi connectivity index (χ4n) is 4.26. The molecule has 1 amide bonds. The lowest BCUT2D eigenvalue weighted by Crippen LogP contribution is -2.53. The summed E-state index contributed by atoms with van der Waals surface area (Å²) >= 11 is 0. The smallest absolute Gasteiger partial charge is 0.237 e. The fourth-order valence-corrected chi connectivity index (χ4v) is 4.26. The van der Waals surface area contributed by atoms with E-state index in [1.165, 1.54) is 19.3 Å². The molecule has 0 bridgehead atoms. The van der Waals surface area contributed by atoms with Crippen molar-refractivity contribution >= 4 is 5.91 Å². The van der Waals surface area contributed by atoms with E-state index in [1.54, 1.807) is 0 Å². The maximum Gasteiger partial charge on any atom is 0.237 e. The molecule has 110 valence electrons. The first-order chi connectivity index (χ1) is 8.68. The van der Waals surface area contributed by atoms with Crippen LogP contribution in [-0.2, 0) is 4.79 Å². The zero-order valence-electron chi connectivity index (χ0n) is 13.2. The molecular weight excluding hydrogens is 236 g/mol. The number of carbonyl (C=O) groups is 1. The van der Waals surface area contributed by atoms with E-state index in [2.05, 4.69) is 45.3 Å². The lowest BCUT2D eigenvalue weighted by atomic mass is 9.81. The van der Waals surface area contributed by atoms with Gasteiger partial charge in [0.1, 0.15) is 0 Å². The van der Waals surface area contributed by atoms with Crippen molar-refractivity contribution < 1.29 is 4.79 Å². The van der Waals surface area contributed by atoms with Crippen molar-refractivity contribution in [3.05, 3.63) is 0 Å². The Kier molecular flexibility index (Phi) is 3.97. The van der Waals surface area contributed by atoms with Crippen LogP contribution < -0.4 is 10.6 Å². The molecule has 0 aromatic heterocycles. The lowest BCUT2D eigenvalue weighted by molar-refractivity contribution is -0.125. The van der Waals surface area contributed by atoms with E-state index in [-0.39, 0.29) is 22.9 Å². The first-order valence-corrected chi connectivity index (χ1v) is 7.73. The van der Waals surface area contributed by atoms with Crippen molar-refractivity contribution in [1.29, 1.82) is 0 Å². The molecule has 1 aliphatic carbocycles. The number of fused-ring (bicyclic) bond motifs is 1. The third kappa shape index (κ3) is 3.71. The molecule has 3 atom stereocenters. The van der Waals surface area contributed by atoms with Crippen molar-refractivity contribution in [2.24, 2.45) is 17.3 Å². The van der Waals surface area contributed by atoms with Crippen LogP contribution in [0.4, 0.5) is 0 Å². The maximum absolute atomic E-state index is 12.5. The van der Waals surface area contributed by atoms with Crippen LogP contribution in [0.3, 0.4) is 0 Å². The Morgan fingerprint density at radius 2 is 1.89 bits per heavy atom. The zero-order valence-corrected chi connectivity index (χ0v) is 13.2. The van der Waals surface area contributed by atoms with Crippen molar-refractivity contribution in [3.63, 3.8) is 0 Å². The second-order valence-corrected chi connectivity index (χ2v) is 8.35. The second kappa shape index (κ2) is 5.08. The number of nitrogens with one attached hydrogen (secondary N) is 2. The highest BCUT2D eigenvalue weighted by Crippen LogP contribution is 2.38. The van der Waals surface area contributed by atoms with Crippen LogP contribution in [-0.4, -0.2) is 24.0 Å². The summed E-state index contributed by atoms with van der Waals surface area (Å²) in [6.45, 7) is 12.0. The second-order valence-electron chi connectivity index (χ2n) is 8.35. The van der Waals surface area contributed by atoms with Gasteiger partial charge in [0.25, 0.3) is 0 Å². The Bertz CT molecular complexity index is 343. The van der Waals surface area contributed by atoms with Gasteiger partial charge in [0.15, 0.2) is 0 Å². The van der Waals surface area contributed by atoms with Gasteiger partial charge in [-0.05, 0) is 56.9 Å². The molecule has 3 nitrogen and oxygen atoms in total. The van der Waals surface area contributed by atoms with Gasteiger partial charge >= 0.3 is 0 Å². The summed E-state index contributed by atoms with van der Waals surface area (Å²) in [6, 6.07) is 0.0479. The number of rotatable bonds is 3. The highest BCUT2D eigenvalue weighted by atomic mass is 16.2. The average Bonchev–Trinajstić information content (AvgIpc) is 2.70. The van der Waals surface area contributed by atoms with Gasteiger partial charge in [-0.15, -0.1) is 0 Å². The van der Waals surface area contributed by atoms with Crippen LogP contribution in [0.15, 0.2) is 0 Å². The number of amides is 1. The standard InChI is InChI=1S/C16H30N2O/c1-15(2,3)10-16(4,5)18-14(19)13-12-8-6-7-11(12)9-17-13/h11-13,17H,6-10H2,1-5H3,(H,18,19). The Hall–Kier alpha value is -0.570. The van der Waals surface area contributed by atoms with Crippen molar-refractivity contribution in [2.75, 3.05) is 6.54 Å². The minimum atomic E-state index is -0.131. The molecule has 3 heteroatoms. The van der Waals surface area contributed by atoms with E-state index in [4.69, 9.17) is 0 Å². The predicted molar refractivity (Wildman–Crippen MR) is 78.9 cm³/mol. The molecule has 19 heavy (non-hydrogen) atoms. The van der Waals surface area contributed by atoms with Gasteiger partial charge in [-0.3, -0.25) is 4.79 Å². The Morgan fingerprint density at radius 3 is 2.53 bits per heavy atom. The van der Waals surface area contributed by atoms with Gasteiger partial charge in [0.05, 0.1) is 6.04 Å². The molecule has 0 spiro atoms. The van der Waals surface area contributed by atoms with Crippen LogP contribution >= 0.6 is 0 Å². The molecule has 2 N–H and O–H groups in total. The van der Waals surface area contributed by atoms with Crippen LogP contribution in [0.25, 0.3) is 0 Å². The van der Waals surface area contributed by atoms with E-state index < -0.39 is 0 Å². The molecule has 2 fully saturated rings. The third-order valence-electron chi connectivity index (χ3n) is 4.46. The normalized spacial score (nSPS) is 31.3. The molecule has 1 aliphatic heterocycles. The maximum atomic E-state index is 12.5. The number of hydrogen-bond donors (Lipinski definition) is 2. The van der Waals surface area contributed by atoms with Crippen molar-refractivity contribution in [3.8, 4) is 0 Å². The third-order valence-corrected chi connectivity index (χ3v) is 4.46. The average molecular weight is 266 g/mol. The van der Waals surface area contributed by atoms with Gasteiger partial charge in [-0.25, -0.2) is 0 Å².